The minimum absolute atomic E-state index is 0.384. The van der Waals surface area contributed by atoms with Crippen molar-refractivity contribution in [3.05, 3.63) is 23.4 Å². The molecule has 2 rings (SSSR count). The number of sulfonamides is 1. The Hall–Kier alpha value is -1.47. The van der Waals surface area contributed by atoms with Gasteiger partial charge in [0.1, 0.15) is 0 Å². The van der Waals surface area contributed by atoms with Gasteiger partial charge in [-0.2, -0.15) is 9.40 Å². The maximum Gasteiger partial charge on any atom is 0.211 e. The predicted octanol–water partition coefficient (Wildman–Crippen LogP) is 0.416. The number of aromatic nitrogens is 2. The SMILES string of the molecule is Cc1cc(C2=CCN(S(C)(=O)=O)CC2)c(N)nn1. The first kappa shape index (κ1) is 13.0. The first-order valence-corrected chi connectivity index (χ1v) is 7.47. The monoisotopic (exact) mass is 268 g/mol. The topological polar surface area (TPSA) is 89.2 Å². The van der Waals surface area contributed by atoms with Gasteiger partial charge in [0.05, 0.1) is 11.9 Å². The number of nitrogens with two attached hydrogens (primary N) is 1. The lowest BCUT2D eigenvalue weighted by Gasteiger charge is -2.24. The third-order valence-electron chi connectivity index (χ3n) is 2.93. The van der Waals surface area contributed by atoms with Crippen LogP contribution in [-0.2, 0) is 10.0 Å². The summed E-state index contributed by atoms with van der Waals surface area (Å²) >= 11 is 0. The van der Waals surface area contributed by atoms with Gasteiger partial charge in [0.25, 0.3) is 0 Å². The quantitative estimate of drug-likeness (QED) is 0.839. The Morgan fingerprint density at radius 2 is 2.11 bits per heavy atom. The van der Waals surface area contributed by atoms with Gasteiger partial charge in [-0.1, -0.05) is 6.08 Å². The van der Waals surface area contributed by atoms with Gasteiger partial charge in [-0.25, -0.2) is 8.42 Å². The van der Waals surface area contributed by atoms with Crippen LogP contribution in [-0.4, -0.2) is 42.3 Å². The summed E-state index contributed by atoms with van der Waals surface area (Å²) in [4.78, 5) is 0. The highest BCUT2D eigenvalue weighted by Gasteiger charge is 2.21. The van der Waals surface area contributed by atoms with Crippen molar-refractivity contribution in [3.8, 4) is 0 Å². The van der Waals surface area contributed by atoms with E-state index < -0.39 is 10.0 Å². The Kier molecular flexibility index (Phi) is 3.36. The number of rotatable bonds is 2. The minimum Gasteiger partial charge on any atom is -0.382 e. The lowest BCUT2D eigenvalue weighted by molar-refractivity contribution is 0.446. The Bertz CT molecular complexity index is 595. The third-order valence-corrected chi connectivity index (χ3v) is 4.20. The molecule has 0 aromatic carbocycles. The van der Waals surface area contributed by atoms with Crippen molar-refractivity contribution in [2.75, 3.05) is 25.1 Å². The number of nitrogens with zero attached hydrogens (tertiary/aromatic N) is 3. The Balaban J connectivity index is 2.27. The van der Waals surface area contributed by atoms with Crippen LogP contribution < -0.4 is 5.73 Å². The fraction of sp³-hybridized carbons (Fsp3) is 0.455. The van der Waals surface area contributed by atoms with E-state index in [2.05, 4.69) is 10.2 Å². The molecule has 18 heavy (non-hydrogen) atoms. The smallest absolute Gasteiger partial charge is 0.211 e. The van der Waals surface area contributed by atoms with Crippen LogP contribution in [0.5, 0.6) is 0 Å². The van der Waals surface area contributed by atoms with Crippen molar-refractivity contribution in [1.29, 1.82) is 0 Å². The van der Waals surface area contributed by atoms with Crippen LogP contribution >= 0.6 is 0 Å². The van der Waals surface area contributed by atoms with E-state index in [-0.39, 0.29) is 0 Å². The van der Waals surface area contributed by atoms with Gasteiger partial charge in [-0.15, -0.1) is 5.10 Å². The molecule has 1 aromatic rings. The first-order chi connectivity index (χ1) is 8.38. The summed E-state index contributed by atoms with van der Waals surface area (Å²) in [5.41, 5.74) is 8.48. The zero-order chi connectivity index (χ0) is 13.3. The standard InChI is InChI=1S/C11H16N4O2S/c1-8-7-10(11(12)14-13-8)9-3-5-15(6-4-9)18(2,16)17/h3,7H,4-6H2,1-2H3,(H2,12,14). The second-order valence-electron chi connectivity index (χ2n) is 4.39. The lowest BCUT2D eigenvalue weighted by Crippen LogP contribution is -2.33. The van der Waals surface area contributed by atoms with Gasteiger partial charge in [0.15, 0.2) is 5.82 Å². The molecular formula is C11H16N4O2S. The van der Waals surface area contributed by atoms with Gasteiger partial charge >= 0.3 is 0 Å². The van der Waals surface area contributed by atoms with Crippen molar-refractivity contribution in [2.24, 2.45) is 0 Å². The fourth-order valence-corrected chi connectivity index (χ4v) is 2.72. The molecule has 2 N–H and O–H groups in total. The molecule has 1 aromatic heterocycles. The maximum absolute atomic E-state index is 11.4. The van der Waals surface area contributed by atoms with Crippen LogP contribution in [0.1, 0.15) is 17.7 Å². The van der Waals surface area contributed by atoms with Crippen LogP contribution in [0.2, 0.25) is 0 Å². The zero-order valence-electron chi connectivity index (χ0n) is 10.4. The van der Waals surface area contributed by atoms with E-state index in [9.17, 15) is 8.42 Å². The summed E-state index contributed by atoms with van der Waals surface area (Å²) < 4.78 is 24.2. The fourth-order valence-electron chi connectivity index (χ4n) is 1.95. The number of nitrogen functional groups attached to an aromatic ring is 1. The van der Waals surface area contributed by atoms with E-state index in [4.69, 9.17) is 5.73 Å². The summed E-state index contributed by atoms with van der Waals surface area (Å²) in [6.07, 6.45) is 3.75. The predicted molar refractivity (Wildman–Crippen MR) is 70.2 cm³/mol. The molecule has 0 saturated carbocycles. The molecule has 98 valence electrons. The second kappa shape index (κ2) is 4.66. The highest BCUT2D eigenvalue weighted by molar-refractivity contribution is 7.88. The normalized spacial score (nSPS) is 17.6. The van der Waals surface area contributed by atoms with E-state index in [1.807, 2.05) is 19.1 Å². The Morgan fingerprint density at radius 1 is 1.39 bits per heavy atom. The molecule has 0 spiro atoms. The van der Waals surface area contributed by atoms with Gasteiger partial charge in [-0.3, -0.25) is 0 Å². The van der Waals surface area contributed by atoms with Crippen LogP contribution in [0, 0.1) is 6.92 Å². The van der Waals surface area contributed by atoms with Crippen molar-refractivity contribution < 1.29 is 8.42 Å². The molecule has 0 bridgehead atoms. The van der Waals surface area contributed by atoms with E-state index >= 15 is 0 Å². The minimum atomic E-state index is -3.12. The van der Waals surface area contributed by atoms with Gasteiger partial charge in [0.2, 0.25) is 10.0 Å². The molecule has 1 aliphatic heterocycles. The van der Waals surface area contributed by atoms with E-state index in [1.165, 1.54) is 10.6 Å². The number of anilines is 1. The number of aryl methyl sites for hydroxylation is 1. The molecule has 0 aliphatic carbocycles. The van der Waals surface area contributed by atoms with Gasteiger partial charge in [-0.05, 0) is 25.0 Å². The van der Waals surface area contributed by atoms with E-state index in [0.717, 1.165) is 16.8 Å². The van der Waals surface area contributed by atoms with Crippen molar-refractivity contribution >= 4 is 21.4 Å². The highest BCUT2D eigenvalue weighted by atomic mass is 32.2. The highest BCUT2D eigenvalue weighted by Crippen LogP contribution is 2.26. The molecule has 0 fully saturated rings. The molecule has 0 unspecified atom stereocenters. The second-order valence-corrected chi connectivity index (χ2v) is 6.37. The summed E-state index contributed by atoms with van der Waals surface area (Å²) in [5.74, 6) is 0.389. The summed E-state index contributed by atoms with van der Waals surface area (Å²) in [7, 11) is -3.12. The zero-order valence-corrected chi connectivity index (χ0v) is 11.2. The van der Waals surface area contributed by atoms with Crippen molar-refractivity contribution in [1.82, 2.24) is 14.5 Å². The van der Waals surface area contributed by atoms with Crippen LogP contribution in [0.15, 0.2) is 12.1 Å². The number of hydrogen-bond donors (Lipinski definition) is 1. The average Bonchev–Trinajstić information content (AvgIpc) is 2.31. The van der Waals surface area contributed by atoms with Crippen LogP contribution in [0.25, 0.3) is 5.57 Å². The molecule has 0 saturated heterocycles. The Labute approximate surface area is 107 Å². The lowest BCUT2D eigenvalue weighted by atomic mass is 10.0. The molecule has 7 heteroatoms. The molecule has 6 nitrogen and oxygen atoms in total. The van der Waals surface area contributed by atoms with Crippen LogP contribution in [0.3, 0.4) is 0 Å². The van der Waals surface area contributed by atoms with Gasteiger partial charge in [0, 0.05) is 18.7 Å². The molecule has 0 amide bonds. The third kappa shape index (κ3) is 2.68. The van der Waals surface area contributed by atoms with E-state index in [0.29, 0.717) is 25.3 Å². The summed E-state index contributed by atoms with van der Waals surface area (Å²) in [5, 5.41) is 7.76. The van der Waals surface area contributed by atoms with Gasteiger partial charge < -0.3 is 5.73 Å². The van der Waals surface area contributed by atoms with E-state index in [1.54, 1.807) is 0 Å². The molecule has 1 aliphatic rings. The van der Waals surface area contributed by atoms with Crippen molar-refractivity contribution in [3.63, 3.8) is 0 Å². The Morgan fingerprint density at radius 3 is 2.67 bits per heavy atom. The average molecular weight is 268 g/mol. The van der Waals surface area contributed by atoms with Crippen LogP contribution in [0.4, 0.5) is 5.82 Å². The largest absolute Gasteiger partial charge is 0.382 e. The molecule has 2 heterocycles. The molecule has 0 radical (unpaired) electrons. The maximum atomic E-state index is 11.4. The van der Waals surface area contributed by atoms with Crippen molar-refractivity contribution in [2.45, 2.75) is 13.3 Å². The number of hydrogen-bond acceptors (Lipinski definition) is 5. The summed E-state index contributed by atoms with van der Waals surface area (Å²) in [6, 6.07) is 1.88. The molecular weight excluding hydrogens is 252 g/mol. The first-order valence-electron chi connectivity index (χ1n) is 5.62. The molecule has 0 atom stereocenters. The summed E-state index contributed by atoms with van der Waals surface area (Å²) in [6.45, 7) is 2.71.